The summed E-state index contributed by atoms with van der Waals surface area (Å²) in [6.07, 6.45) is 2.61. The Labute approximate surface area is 184 Å². The van der Waals surface area contributed by atoms with Gasteiger partial charge in [0.25, 0.3) is 0 Å². The van der Waals surface area contributed by atoms with E-state index in [9.17, 15) is 0 Å². The molecule has 0 bridgehead atoms. The van der Waals surface area contributed by atoms with E-state index in [0.29, 0.717) is 6.61 Å². The number of fused-ring (bicyclic) bond motifs is 3. The molecule has 2 aromatic heterocycles. The molecule has 7 heteroatoms. The van der Waals surface area contributed by atoms with Crippen LogP contribution in [0.1, 0.15) is 17.3 Å². The van der Waals surface area contributed by atoms with Gasteiger partial charge in [-0.15, -0.1) is 0 Å². The molecule has 0 fully saturated rings. The Hall–Kier alpha value is -4.13. The summed E-state index contributed by atoms with van der Waals surface area (Å²) in [6.45, 7) is 0.540. The normalized spacial score (nSPS) is 15.3. The van der Waals surface area contributed by atoms with Crippen LogP contribution in [0.4, 0.5) is 11.5 Å². The van der Waals surface area contributed by atoms with Gasteiger partial charge in [0.05, 0.1) is 36.9 Å². The summed E-state index contributed by atoms with van der Waals surface area (Å²) in [5, 5.41) is 12.6. The zero-order chi connectivity index (χ0) is 21.5. The van der Waals surface area contributed by atoms with E-state index < -0.39 is 0 Å². The molecule has 0 saturated heterocycles. The van der Waals surface area contributed by atoms with Gasteiger partial charge in [-0.25, -0.2) is 9.97 Å². The van der Waals surface area contributed by atoms with Crippen LogP contribution in [-0.4, -0.2) is 33.9 Å². The Balaban J connectivity index is 1.39. The van der Waals surface area contributed by atoms with Gasteiger partial charge in [-0.1, -0.05) is 12.1 Å². The maximum atomic E-state index is 6.03. The summed E-state index contributed by atoms with van der Waals surface area (Å²) in [6, 6.07) is 20.1. The number of aromatic amines is 1. The van der Waals surface area contributed by atoms with Crippen molar-refractivity contribution < 1.29 is 9.47 Å². The number of hydrogen-bond acceptors (Lipinski definition) is 6. The lowest BCUT2D eigenvalue weighted by atomic mass is 9.95. The molecule has 3 aromatic carbocycles. The number of methoxy groups -OCH3 is 1. The molecule has 32 heavy (non-hydrogen) atoms. The van der Waals surface area contributed by atoms with Crippen molar-refractivity contribution in [2.75, 3.05) is 19.0 Å². The van der Waals surface area contributed by atoms with E-state index in [-0.39, 0.29) is 5.92 Å². The third-order valence-electron chi connectivity index (χ3n) is 5.86. The first kappa shape index (κ1) is 18.6. The summed E-state index contributed by atoms with van der Waals surface area (Å²) in [7, 11) is 1.67. The van der Waals surface area contributed by atoms with Crippen molar-refractivity contribution in [2.45, 2.75) is 12.3 Å². The maximum absolute atomic E-state index is 6.03. The number of rotatable bonds is 4. The molecule has 0 radical (unpaired) electrons. The topological polar surface area (TPSA) is 85.0 Å². The van der Waals surface area contributed by atoms with Crippen molar-refractivity contribution in [2.24, 2.45) is 0 Å². The number of hydrogen-bond donors (Lipinski definition) is 2. The molecule has 2 N–H and O–H groups in total. The molecule has 1 aliphatic rings. The van der Waals surface area contributed by atoms with Crippen molar-refractivity contribution in [3.05, 3.63) is 78.2 Å². The van der Waals surface area contributed by atoms with Crippen molar-refractivity contribution in [3.8, 4) is 11.5 Å². The molecule has 6 rings (SSSR count). The second-order valence-corrected chi connectivity index (χ2v) is 7.93. The van der Waals surface area contributed by atoms with E-state index in [1.165, 1.54) is 0 Å². The summed E-state index contributed by atoms with van der Waals surface area (Å²) in [5.74, 6) is 3.32. The fraction of sp³-hybridized carbons (Fsp3) is 0.160. The second-order valence-electron chi connectivity index (χ2n) is 7.93. The number of nitrogens with one attached hydrogen (secondary N) is 2. The van der Waals surface area contributed by atoms with Crippen LogP contribution in [0.15, 0.2) is 66.9 Å². The van der Waals surface area contributed by atoms with Gasteiger partial charge in [-0.3, -0.25) is 5.10 Å². The van der Waals surface area contributed by atoms with Crippen LogP contribution >= 0.6 is 0 Å². The van der Waals surface area contributed by atoms with E-state index in [0.717, 1.165) is 62.6 Å². The highest BCUT2D eigenvalue weighted by Crippen LogP contribution is 2.35. The zero-order valence-corrected chi connectivity index (χ0v) is 17.5. The lowest BCUT2D eigenvalue weighted by Crippen LogP contribution is -2.21. The molecule has 3 heterocycles. The molecule has 0 amide bonds. The van der Waals surface area contributed by atoms with Crippen LogP contribution < -0.4 is 14.8 Å². The van der Waals surface area contributed by atoms with Gasteiger partial charge in [0.1, 0.15) is 23.1 Å². The fourth-order valence-electron chi connectivity index (χ4n) is 4.19. The molecule has 1 atom stereocenters. The Bertz CT molecular complexity index is 1450. The SMILES string of the molecule is COc1ccc2c(c1)CC(c1nc(Nc3ccc4[nH]ncc4c3)c3ccccc3n1)CO2. The van der Waals surface area contributed by atoms with Gasteiger partial charge in [-0.2, -0.15) is 5.10 Å². The smallest absolute Gasteiger partial charge is 0.142 e. The Morgan fingerprint density at radius 3 is 2.94 bits per heavy atom. The van der Waals surface area contributed by atoms with Crippen LogP contribution in [0.2, 0.25) is 0 Å². The Morgan fingerprint density at radius 2 is 2.00 bits per heavy atom. The molecule has 1 aliphatic heterocycles. The minimum Gasteiger partial charge on any atom is -0.497 e. The lowest BCUT2D eigenvalue weighted by molar-refractivity contribution is 0.257. The zero-order valence-electron chi connectivity index (χ0n) is 17.5. The van der Waals surface area contributed by atoms with Crippen molar-refractivity contribution in [1.82, 2.24) is 20.2 Å². The number of anilines is 2. The highest BCUT2D eigenvalue weighted by Gasteiger charge is 2.25. The van der Waals surface area contributed by atoms with Crippen LogP contribution in [0.5, 0.6) is 11.5 Å². The van der Waals surface area contributed by atoms with E-state index in [1.54, 1.807) is 7.11 Å². The first-order chi connectivity index (χ1) is 15.8. The van der Waals surface area contributed by atoms with Gasteiger partial charge < -0.3 is 14.8 Å². The predicted molar refractivity (Wildman–Crippen MR) is 124 cm³/mol. The second kappa shape index (κ2) is 7.53. The standard InChI is InChI=1S/C25H21N5O2/c1-31-19-7-9-23-15(12-19)10-17(14-32-23)24-28-22-5-3-2-4-20(22)25(29-24)27-18-6-8-21-16(11-18)13-26-30-21/h2-9,11-13,17H,10,14H2,1H3,(H,26,30)(H,27,28,29). The summed E-state index contributed by atoms with van der Waals surface area (Å²) in [4.78, 5) is 9.83. The highest BCUT2D eigenvalue weighted by atomic mass is 16.5. The summed E-state index contributed by atoms with van der Waals surface area (Å²) in [5.41, 5.74) is 3.96. The molecular weight excluding hydrogens is 402 g/mol. The van der Waals surface area contributed by atoms with Gasteiger partial charge in [0.2, 0.25) is 0 Å². The highest BCUT2D eigenvalue weighted by molar-refractivity contribution is 5.92. The third-order valence-corrected chi connectivity index (χ3v) is 5.86. The van der Waals surface area contributed by atoms with E-state index in [1.807, 2.05) is 60.8 Å². The minimum absolute atomic E-state index is 0.0520. The van der Waals surface area contributed by atoms with Crippen LogP contribution in [-0.2, 0) is 6.42 Å². The lowest BCUT2D eigenvalue weighted by Gasteiger charge is -2.25. The summed E-state index contributed by atoms with van der Waals surface area (Å²) >= 11 is 0. The first-order valence-electron chi connectivity index (χ1n) is 10.5. The number of aromatic nitrogens is 4. The average Bonchev–Trinajstić information content (AvgIpc) is 3.31. The van der Waals surface area contributed by atoms with Crippen LogP contribution in [0, 0.1) is 0 Å². The average molecular weight is 423 g/mol. The first-order valence-corrected chi connectivity index (χ1v) is 10.5. The molecule has 1 unspecified atom stereocenters. The number of benzene rings is 3. The molecule has 0 saturated carbocycles. The third kappa shape index (κ3) is 3.28. The number of ether oxygens (including phenoxy) is 2. The van der Waals surface area contributed by atoms with Gasteiger partial charge in [0.15, 0.2) is 0 Å². The quantitative estimate of drug-likeness (QED) is 0.424. The predicted octanol–water partition coefficient (Wildman–Crippen LogP) is 4.98. The van der Waals surface area contributed by atoms with E-state index in [4.69, 9.17) is 19.4 Å². The minimum atomic E-state index is 0.0520. The monoisotopic (exact) mass is 423 g/mol. The molecule has 5 aromatic rings. The fourth-order valence-corrected chi connectivity index (χ4v) is 4.19. The maximum Gasteiger partial charge on any atom is 0.142 e. The molecule has 7 nitrogen and oxygen atoms in total. The molecule has 158 valence electrons. The number of para-hydroxylation sites is 1. The van der Waals surface area contributed by atoms with Gasteiger partial charge in [0, 0.05) is 16.5 Å². The van der Waals surface area contributed by atoms with Crippen molar-refractivity contribution in [1.29, 1.82) is 0 Å². The number of nitrogens with zero attached hydrogens (tertiary/aromatic N) is 3. The van der Waals surface area contributed by atoms with Gasteiger partial charge in [-0.05, 0) is 60.5 Å². The largest absolute Gasteiger partial charge is 0.497 e. The van der Waals surface area contributed by atoms with Crippen LogP contribution in [0.3, 0.4) is 0 Å². The summed E-state index contributed by atoms with van der Waals surface area (Å²) < 4.78 is 11.4. The number of H-pyrrole nitrogens is 1. The van der Waals surface area contributed by atoms with Crippen molar-refractivity contribution >= 4 is 33.3 Å². The molecule has 0 aliphatic carbocycles. The van der Waals surface area contributed by atoms with E-state index in [2.05, 4.69) is 21.6 Å². The molecule has 0 spiro atoms. The van der Waals surface area contributed by atoms with E-state index >= 15 is 0 Å². The Morgan fingerprint density at radius 1 is 1.06 bits per heavy atom. The van der Waals surface area contributed by atoms with Crippen LogP contribution in [0.25, 0.3) is 21.8 Å². The van der Waals surface area contributed by atoms with Gasteiger partial charge >= 0.3 is 0 Å². The Kier molecular flexibility index (Phi) is 4.38. The molecular formula is C25H21N5O2. The van der Waals surface area contributed by atoms with Crippen molar-refractivity contribution in [3.63, 3.8) is 0 Å².